The topological polar surface area (TPSA) is 131 Å². The number of nitrogens with one attached hydrogen (secondary N) is 1. The van der Waals surface area contributed by atoms with E-state index in [4.69, 9.17) is 9.96 Å². The molecule has 1 N–H and O–H groups in total. The molecule has 0 unspecified atom stereocenters. The van der Waals surface area contributed by atoms with Crippen molar-refractivity contribution in [1.29, 1.82) is 0 Å². The lowest BCUT2D eigenvalue weighted by molar-refractivity contribution is 0.102. The minimum Gasteiger partial charge on any atom is -0.412 e. The van der Waals surface area contributed by atoms with Gasteiger partial charge in [-0.3, -0.25) is 4.79 Å². The molecule has 11 heteroatoms. The van der Waals surface area contributed by atoms with Crippen molar-refractivity contribution in [3.05, 3.63) is 59.0 Å². The Labute approximate surface area is 212 Å². The molecule has 10 nitrogen and oxygen atoms in total. The van der Waals surface area contributed by atoms with Gasteiger partial charge >= 0.3 is 0 Å². The minimum absolute atomic E-state index is 0.0365. The molecule has 1 amide bonds. The normalized spacial score (nSPS) is 22.4. The largest absolute Gasteiger partial charge is 0.412 e. The number of hydrogen-bond donors (Lipinski definition) is 1. The van der Waals surface area contributed by atoms with E-state index >= 15 is 0 Å². The average Bonchev–Trinajstić information content (AvgIpc) is 3.39. The second-order valence-corrected chi connectivity index (χ2v) is 15.8. The van der Waals surface area contributed by atoms with Crippen molar-refractivity contribution in [3.8, 4) is 0 Å². The Morgan fingerprint density at radius 1 is 1.25 bits per heavy atom. The van der Waals surface area contributed by atoms with Gasteiger partial charge in [-0.05, 0) is 54.1 Å². The minimum atomic E-state index is -2.09. The summed E-state index contributed by atoms with van der Waals surface area (Å²) < 4.78 is 9.01. The number of carbonyl (C=O) groups is 1. The second kappa shape index (κ2) is 10.0. The van der Waals surface area contributed by atoms with Crippen molar-refractivity contribution in [2.24, 2.45) is 17.0 Å². The molecule has 0 spiro atoms. The molecule has 4 atom stereocenters. The highest BCUT2D eigenvalue weighted by molar-refractivity contribution is 6.74. The molecule has 2 aromatic heterocycles. The van der Waals surface area contributed by atoms with Crippen LogP contribution in [-0.2, 0) is 4.43 Å². The number of rotatable bonds is 7. The fourth-order valence-corrected chi connectivity index (χ4v) is 6.00. The SMILES string of the molecule is C[C@@H]1[C@@H](CN=[N+]=[N-])C[C@@H](n2cnc3c(NC(=O)c4ccccc4)ncnc32)[C@@H]1O[Si](C)(C)C(C)(C)C. The van der Waals surface area contributed by atoms with Crippen molar-refractivity contribution in [1.82, 2.24) is 19.5 Å². The Hall–Kier alpha value is -3.27. The Bertz CT molecular complexity index is 1280. The van der Waals surface area contributed by atoms with Crippen LogP contribution in [0.4, 0.5) is 5.82 Å². The van der Waals surface area contributed by atoms with Gasteiger partial charge in [-0.2, -0.15) is 0 Å². The molecule has 4 rings (SSSR count). The van der Waals surface area contributed by atoms with Crippen molar-refractivity contribution in [2.75, 3.05) is 11.9 Å². The number of carbonyl (C=O) groups excluding carboxylic acids is 1. The molecule has 0 saturated heterocycles. The second-order valence-electron chi connectivity index (χ2n) is 11.0. The van der Waals surface area contributed by atoms with E-state index in [0.717, 1.165) is 6.42 Å². The molecule has 1 aliphatic rings. The van der Waals surface area contributed by atoms with Gasteiger partial charge in [-0.1, -0.05) is 51.0 Å². The van der Waals surface area contributed by atoms with Gasteiger partial charge in [-0.15, -0.1) is 0 Å². The lowest BCUT2D eigenvalue weighted by Gasteiger charge is -2.41. The van der Waals surface area contributed by atoms with Gasteiger partial charge in [0, 0.05) is 17.0 Å². The van der Waals surface area contributed by atoms with E-state index in [9.17, 15) is 4.79 Å². The summed E-state index contributed by atoms with van der Waals surface area (Å²) in [5.41, 5.74) is 10.6. The van der Waals surface area contributed by atoms with Crippen molar-refractivity contribution >= 4 is 31.2 Å². The number of imidazole rings is 1. The monoisotopic (exact) mass is 506 g/mol. The van der Waals surface area contributed by atoms with Gasteiger partial charge in [0.1, 0.15) is 6.33 Å². The molecule has 1 saturated carbocycles. The zero-order valence-corrected chi connectivity index (χ0v) is 22.7. The van der Waals surface area contributed by atoms with E-state index in [-0.39, 0.29) is 34.9 Å². The fraction of sp³-hybridized carbons (Fsp3) is 0.520. The van der Waals surface area contributed by atoms with Crippen LogP contribution in [0.1, 0.15) is 50.5 Å². The molecular formula is C25H34N8O2Si. The zero-order valence-electron chi connectivity index (χ0n) is 21.7. The maximum absolute atomic E-state index is 12.7. The van der Waals surface area contributed by atoms with Gasteiger partial charge in [0.2, 0.25) is 0 Å². The van der Waals surface area contributed by atoms with E-state index in [1.54, 1.807) is 18.5 Å². The van der Waals surface area contributed by atoms with Crippen LogP contribution >= 0.6 is 0 Å². The zero-order chi connectivity index (χ0) is 26.1. The first-order chi connectivity index (χ1) is 17.0. The van der Waals surface area contributed by atoms with E-state index in [2.05, 4.69) is 71.1 Å². The highest BCUT2D eigenvalue weighted by atomic mass is 28.4. The van der Waals surface area contributed by atoms with Crippen molar-refractivity contribution < 1.29 is 9.22 Å². The molecule has 0 aliphatic heterocycles. The molecule has 1 aliphatic carbocycles. The molecule has 3 aromatic rings. The quantitative estimate of drug-likeness (QED) is 0.182. The average molecular weight is 507 g/mol. The van der Waals surface area contributed by atoms with Gasteiger partial charge in [0.25, 0.3) is 5.91 Å². The maximum Gasteiger partial charge on any atom is 0.256 e. The number of hydrogen-bond acceptors (Lipinski definition) is 6. The van der Waals surface area contributed by atoms with Gasteiger partial charge in [-0.25, -0.2) is 15.0 Å². The van der Waals surface area contributed by atoms with Gasteiger partial charge < -0.3 is 14.3 Å². The molecule has 1 aromatic carbocycles. The van der Waals surface area contributed by atoms with E-state index in [0.29, 0.717) is 29.1 Å². The summed E-state index contributed by atoms with van der Waals surface area (Å²) in [6, 6.07) is 8.95. The van der Waals surface area contributed by atoms with Crippen LogP contribution in [0, 0.1) is 11.8 Å². The third-order valence-electron chi connectivity index (χ3n) is 7.79. The maximum atomic E-state index is 12.7. The smallest absolute Gasteiger partial charge is 0.256 e. The van der Waals surface area contributed by atoms with E-state index < -0.39 is 8.32 Å². The summed E-state index contributed by atoms with van der Waals surface area (Å²) in [4.78, 5) is 29.2. The van der Waals surface area contributed by atoms with Crippen LogP contribution in [0.3, 0.4) is 0 Å². The van der Waals surface area contributed by atoms with Crippen LogP contribution in [0.15, 0.2) is 48.1 Å². The van der Waals surface area contributed by atoms with Crippen LogP contribution in [0.25, 0.3) is 21.6 Å². The molecular weight excluding hydrogens is 472 g/mol. The number of azide groups is 1. The van der Waals surface area contributed by atoms with Crippen LogP contribution in [-0.4, -0.2) is 46.4 Å². The molecule has 36 heavy (non-hydrogen) atoms. The van der Waals surface area contributed by atoms with Gasteiger partial charge in [0.15, 0.2) is 25.3 Å². The van der Waals surface area contributed by atoms with E-state index in [1.807, 2.05) is 22.8 Å². The summed E-state index contributed by atoms with van der Waals surface area (Å²) in [7, 11) is -2.09. The number of fused-ring (bicyclic) bond motifs is 1. The predicted molar refractivity (Wildman–Crippen MR) is 142 cm³/mol. The Kier molecular flexibility index (Phi) is 7.17. The molecule has 1 fully saturated rings. The van der Waals surface area contributed by atoms with Crippen LogP contribution in [0.5, 0.6) is 0 Å². The number of amides is 1. The lowest BCUT2D eigenvalue weighted by atomic mass is 9.97. The third kappa shape index (κ3) is 5.00. The lowest BCUT2D eigenvalue weighted by Crippen LogP contribution is -2.46. The first kappa shape index (κ1) is 25.8. The first-order valence-electron chi connectivity index (χ1n) is 12.3. The standard InChI is InChI=1S/C25H34N8O2Si/c1-16-18(13-30-32-26)12-19(21(16)35-36(5,6)25(2,3)4)33-15-29-20-22(27-14-28-23(20)33)31-24(34)17-10-8-7-9-11-17/h7-11,14-16,18-19,21H,12-13H2,1-6H3,(H,27,28,31,34)/t16-,18-,19-,21-/m1/s1. The molecule has 2 heterocycles. The van der Waals surface area contributed by atoms with Crippen molar-refractivity contribution in [2.45, 2.75) is 64.4 Å². The number of nitrogens with zero attached hydrogens (tertiary/aromatic N) is 7. The summed E-state index contributed by atoms with van der Waals surface area (Å²) in [5, 5.41) is 6.80. The summed E-state index contributed by atoms with van der Waals surface area (Å²) >= 11 is 0. The summed E-state index contributed by atoms with van der Waals surface area (Å²) in [6.07, 6.45) is 3.90. The number of benzene rings is 1. The third-order valence-corrected chi connectivity index (χ3v) is 12.3. The Morgan fingerprint density at radius 3 is 2.64 bits per heavy atom. The highest BCUT2D eigenvalue weighted by Gasteiger charge is 2.48. The predicted octanol–water partition coefficient (Wildman–Crippen LogP) is 5.98. The Balaban J connectivity index is 1.69. The van der Waals surface area contributed by atoms with Gasteiger partial charge in [0.05, 0.1) is 18.5 Å². The first-order valence-corrected chi connectivity index (χ1v) is 15.2. The van der Waals surface area contributed by atoms with Crippen LogP contribution < -0.4 is 5.32 Å². The summed E-state index contributed by atoms with van der Waals surface area (Å²) in [6.45, 7) is 13.8. The number of anilines is 1. The highest BCUT2D eigenvalue weighted by Crippen LogP contribution is 2.47. The number of aromatic nitrogens is 4. The summed E-state index contributed by atoms with van der Waals surface area (Å²) in [5.74, 6) is 0.475. The molecule has 0 radical (unpaired) electrons. The Morgan fingerprint density at radius 2 is 1.97 bits per heavy atom. The van der Waals surface area contributed by atoms with E-state index in [1.165, 1.54) is 6.33 Å². The van der Waals surface area contributed by atoms with Crippen LogP contribution in [0.2, 0.25) is 18.1 Å². The molecule has 190 valence electrons. The molecule has 0 bridgehead atoms. The fourth-order valence-electron chi connectivity index (χ4n) is 4.59. The van der Waals surface area contributed by atoms with Crippen molar-refractivity contribution in [3.63, 3.8) is 0 Å².